The number of nitrogens with two attached hydrogens (primary N) is 1. The Kier molecular flexibility index (Phi) is 5.92. The minimum atomic E-state index is -1.02. The maximum atomic E-state index is 13.1. The van der Waals surface area contributed by atoms with Crippen molar-refractivity contribution in [2.24, 2.45) is 5.73 Å². The average Bonchev–Trinajstić information content (AvgIpc) is 2.39. The highest BCUT2D eigenvalue weighted by atomic mass is 19.1. The van der Waals surface area contributed by atoms with Crippen molar-refractivity contribution < 1.29 is 23.8 Å². The summed E-state index contributed by atoms with van der Waals surface area (Å²) in [5.41, 5.74) is 5.87. The molecule has 0 aliphatic rings. The van der Waals surface area contributed by atoms with Gasteiger partial charge in [-0.15, -0.1) is 0 Å². The number of ether oxygens (including phenoxy) is 1. The first kappa shape index (κ1) is 15.9. The van der Waals surface area contributed by atoms with E-state index in [-0.39, 0.29) is 18.6 Å². The number of carbonyl (C=O) groups excluding carboxylic acids is 1. The Morgan fingerprint density at radius 1 is 1.50 bits per heavy atom. The maximum Gasteiger partial charge on any atom is 0.303 e. The smallest absolute Gasteiger partial charge is 0.303 e. The summed E-state index contributed by atoms with van der Waals surface area (Å²) in [4.78, 5) is 22.2. The van der Waals surface area contributed by atoms with E-state index in [1.807, 2.05) is 0 Å². The Balaban J connectivity index is 2.71. The summed E-state index contributed by atoms with van der Waals surface area (Å²) >= 11 is 0. The van der Waals surface area contributed by atoms with E-state index in [0.29, 0.717) is 12.3 Å². The molecule has 0 saturated heterocycles. The van der Waals surface area contributed by atoms with Crippen LogP contribution < -0.4 is 15.8 Å². The molecule has 1 unspecified atom stereocenters. The molecule has 0 saturated carbocycles. The van der Waals surface area contributed by atoms with Gasteiger partial charge in [-0.25, -0.2) is 4.39 Å². The third-order valence-corrected chi connectivity index (χ3v) is 2.51. The molecule has 0 fully saturated rings. The van der Waals surface area contributed by atoms with Gasteiger partial charge in [-0.3, -0.25) is 9.59 Å². The molecular formula is C13H17FN2O4. The molecule has 1 aromatic carbocycles. The lowest BCUT2D eigenvalue weighted by atomic mass is 10.1. The van der Waals surface area contributed by atoms with E-state index in [0.717, 1.165) is 6.07 Å². The van der Waals surface area contributed by atoms with Gasteiger partial charge in [0.1, 0.15) is 11.6 Å². The first-order chi connectivity index (χ1) is 9.43. The third kappa shape index (κ3) is 4.85. The lowest BCUT2D eigenvalue weighted by molar-refractivity contribution is -0.137. The number of aliphatic carboxylic acids is 1. The Morgan fingerprint density at radius 3 is 2.80 bits per heavy atom. The van der Waals surface area contributed by atoms with Gasteiger partial charge < -0.3 is 20.9 Å². The summed E-state index contributed by atoms with van der Waals surface area (Å²) in [7, 11) is 0. The summed E-state index contributed by atoms with van der Waals surface area (Å²) in [6.45, 7) is 2.05. The molecule has 0 spiro atoms. The Hall–Kier alpha value is -2.15. The second-order valence-electron chi connectivity index (χ2n) is 4.10. The number of anilines is 1. The summed E-state index contributed by atoms with van der Waals surface area (Å²) in [6, 6.07) is 2.75. The lowest BCUT2D eigenvalue weighted by Crippen LogP contribution is -2.36. The molecule has 1 amide bonds. The predicted octanol–water partition coefficient (Wildman–Crippen LogP) is 1.35. The second kappa shape index (κ2) is 7.44. The van der Waals surface area contributed by atoms with Crippen molar-refractivity contribution in [1.82, 2.24) is 0 Å². The van der Waals surface area contributed by atoms with Crippen LogP contribution >= 0.6 is 0 Å². The highest BCUT2D eigenvalue weighted by Gasteiger charge is 2.17. The molecule has 0 radical (unpaired) electrons. The molecule has 7 heteroatoms. The van der Waals surface area contributed by atoms with Gasteiger partial charge in [0, 0.05) is 12.5 Å². The first-order valence-electron chi connectivity index (χ1n) is 6.14. The Morgan fingerprint density at radius 2 is 2.20 bits per heavy atom. The molecule has 0 aromatic heterocycles. The lowest BCUT2D eigenvalue weighted by Gasteiger charge is -2.14. The van der Waals surface area contributed by atoms with E-state index in [1.165, 1.54) is 12.1 Å². The van der Waals surface area contributed by atoms with E-state index in [9.17, 15) is 14.0 Å². The quantitative estimate of drug-likeness (QED) is 0.701. The molecule has 0 aliphatic carbocycles. The van der Waals surface area contributed by atoms with E-state index in [2.05, 4.69) is 5.32 Å². The normalized spacial score (nSPS) is 11.8. The number of benzene rings is 1. The van der Waals surface area contributed by atoms with Gasteiger partial charge in [-0.05, 0) is 25.5 Å². The average molecular weight is 284 g/mol. The van der Waals surface area contributed by atoms with Crippen molar-refractivity contribution >= 4 is 17.6 Å². The minimum Gasteiger partial charge on any atom is -0.492 e. The van der Waals surface area contributed by atoms with Gasteiger partial charge in [-0.2, -0.15) is 0 Å². The number of amides is 1. The van der Waals surface area contributed by atoms with Crippen LogP contribution in [0, 0.1) is 5.82 Å². The predicted molar refractivity (Wildman–Crippen MR) is 71.0 cm³/mol. The van der Waals surface area contributed by atoms with Crippen molar-refractivity contribution in [3.8, 4) is 5.75 Å². The highest BCUT2D eigenvalue weighted by Crippen LogP contribution is 2.25. The van der Waals surface area contributed by atoms with Crippen LogP contribution in [-0.2, 0) is 9.59 Å². The van der Waals surface area contributed by atoms with Crippen LogP contribution in [0.15, 0.2) is 18.2 Å². The molecule has 0 heterocycles. The second-order valence-corrected chi connectivity index (χ2v) is 4.10. The first-order valence-corrected chi connectivity index (χ1v) is 6.14. The van der Waals surface area contributed by atoms with Crippen LogP contribution in [0.3, 0.4) is 0 Å². The van der Waals surface area contributed by atoms with Crippen LogP contribution in [0.4, 0.5) is 10.1 Å². The molecule has 1 atom stereocenters. The number of hydrogen-bond acceptors (Lipinski definition) is 4. The molecule has 0 aliphatic heterocycles. The summed E-state index contributed by atoms with van der Waals surface area (Å²) in [5.74, 6) is -1.85. The zero-order valence-corrected chi connectivity index (χ0v) is 11.1. The SMILES string of the molecule is CCOc1cc(F)ccc1NC(=O)C(N)CCC(=O)O. The van der Waals surface area contributed by atoms with Crippen molar-refractivity contribution in [3.05, 3.63) is 24.0 Å². The molecule has 1 rings (SSSR count). The van der Waals surface area contributed by atoms with E-state index in [1.54, 1.807) is 6.92 Å². The van der Waals surface area contributed by atoms with Crippen LogP contribution in [0.2, 0.25) is 0 Å². The van der Waals surface area contributed by atoms with Crippen LogP contribution in [0.1, 0.15) is 19.8 Å². The van der Waals surface area contributed by atoms with Gasteiger partial charge in [0.25, 0.3) is 0 Å². The molecule has 6 nitrogen and oxygen atoms in total. The molecule has 20 heavy (non-hydrogen) atoms. The zero-order chi connectivity index (χ0) is 15.1. The number of carbonyl (C=O) groups is 2. The third-order valence-electron chi connectivity index (χ3n) is 2.51. The topological polar surface area (TPSA) is 102 Å². The van der Waals surface area contributed by atoms with Gasteiger partial charge in [0.15, 0.2) is 0 Å². The van der Waals surface area contributed by atoms with Crippen molar-refractivity contribution in [2.75, 3.05) is 11.9 Å². The largest absolute Gasteiger partial charge is 0.492 e. The monoisotopic (exact) mass is 284 g/mol. The fourth-order valence-corrected chi connectivity index (χ4v) is 1.51. The van der Waals surface area contributed by atoms with Gasteiger partial charge in [0.2, 0.25) is 5.91 Å². The fraction of sp³-hybridized carbons (Fsp3) is 0.385. The highest BCUT2D eigenvalue weighted by molar-refractivity contribution is 5.96. The summed E-state index contributed by atoms with van der Waals surface area (Å²) < 4.78 is 18.3. The molecule has 0 bridgehead atoms. The minimum absolute atomic E-state index is 0.0202. The Bertz CT molecular complexity index is 493. The van der Waals surface area contributed by atoms with Crippen LogP contribution in [0.25, 0.3) is 0 Å². The fourth-order valence-electron chi connectivity index (χ4n) is 1.51. The molecular weight excluding hydrogens is 267 g/mol. The van der Waals surface area contributed by atoms with E-state index in [4.69, 9.17) is 15.6 Å². The van der Waals surface area contributed by atoms with Gasteiger partial charge >= 0.3 is 5.97 Å². The summed E-state index contributed by atoms with van der Waals surface area (Å²) in [6.07, 6.45) is -0.178. The van der Waals surface area contributed by atoms with E-state index >= 15 is 0 Å². The number of rotatable bonds is 7. The maximum absolute atomic E-state index is 13.1. The summed E-state index contributed by atoms with van der Waals surface area (Å²) in [5, 5.41) is 11.0. The number of carboxylic acids is 1. The van der Waals surface area contributed by atoms with Crippen LogP contribution in [-0.4, -0.2) is 29.6 Å². The number of nitrogens with one attached hydrogen (secondary N) is 1. The van der Waals surface area contributed by atoms with Crippen LogP contribution in [0.5, 0.6) is 5.75 Å². The number of halogens is 1. The standard InChI is InChI=1S/C13H17FN2O4/c1-2-20-11-7-8(14)3-5-10(11)16-13(19)9(15)4-6-12(17)18/h3,5,7,9H,2,4,6,15H2,1H3,(H,16,19)(H,17,18). The molecule has 4 N–H and O–H groups in total. The van der Waals surface area contributed by atoms with Gasteiger partial charge in [0.05, 0.1) is 18.3 Å². The number of carboxylic acid groups (broad SMARTS) is 1. The van der Waals surface area contributed by atoms with Crippen molar-refractivity contribution in [3.63, 3.8) is 0 Å². The van der Waals surface area contributed by atoms with Crippen molar-refractivity contribution in [2.45, 2.75) is 25.8 Å². The molecule has 1 aromatic rings. The molecule has 110 valence electrons. The van der Waals surface area contributed by atoms with Gasteiger partial charge in [-0.1, -0.05) is 0 Å². The number of hydrogen-bond donors (Lipinski definition) is 3. The zero-order valence-electron chi connectivity index (χ0n) is 11.1. The van der Waals surface area contributed by atoms with Crippen molar-refractivity contribution in [1.29, 1.82) is 0 Å². The Labute approximate surface area is 115 Å². The van der Waals surface area contributed by atoms with E-state index < -0.39 is 23.7 Å².